The van der Waals surface area contributed by atoms with E-state index in [1.165, 1.54) is 24.9 Å². The van der Waals surface area contributed by atoms with Gasteiger partial charge in [-0.3, -0.25) is 0 Å². The molecule has 0 bridgehead atoms. The van der Waals surface area contributed by atoms with Crippen LogP contribution in [-0.4, -0.2) is 13.1 Å². The fraction of sp³-hybridized carbons (Fsp3) is 0.182. The molecule has 0 radical (unpaired) electrons. The van der Waals surface area contributed by atoms with E-state index in [4.69, 9.17) is 11.6 Å². The number of carbonyl (C=O) groups is 1. The fourth-order valence-corrected chi connectivity index (χ4v) is 2.09. The Morgan fingerprint density at radius 1 is 1.53 bits per heavy atom. The van der Waals surface area contributed by atoms with E-state index in [2.05, 4.69) is 4.74 Å². The van der Waals surface area contributed by atoms with Crippen LogP contribution < -0.4 is 0 Å². The zero-order chi connectivity index (χ0) is 11.3. The Balaban J connectivity index is 2.70. The van der Waals surface area contributed by atoms with Crippen molar-refractivity contribution in [1.82, 2.24) is 0 Å². The van der Waals surface area contributed by atoms with Crippen molar-refractivity contribution in [2.45, 2.75) is 11.8 Å². The number of ether oxygens (including phenoxy) is 1. The summed E-state index contributed by atoms with van der Waals surface area (Å²) >= 11 is 7.31. The molecule has 0 unspecified atom stereocenters. The first-order valence-electron chi connectivity index (χ1n) is 4.31. The Morgan fingerprint density at radius 3 is 2.87 bits per heavy atom. The predicted octanol–water partition coefficient (Wildman–Crippen LogP) is 3.51. The van der Waals surface area contributed by atoms with E-state index >= 15 is 0 Å². The SMILES string of the molecule is COC(=O)/C=C(\C)Sc1cccc(Cl)c1. The van der Waals surface area contributed by atoms with Gasteiger partial charge in [-0.2, -0.15) is 0 Å². The van der Waals surface area contributed by atoms with Crippen LogP contribution in [0.25, 0.3) is 0 Å². The Morgan fingerprint density at radius 2 is 2.27 bits per heavy atom. The number of carbonyl (C=O) groups excluding carboxylic acids is 1. The Hall–Kier alpha value is -0.930. The molecule has 0 aliphatic carbocycles. The third-order valence-corrected chi connectivity index (χ3v) is 2.76. The van der Waals surface area contributed by atoms with Crippen molar-refractivity contribution in [2.24, 2.45) is 0 Å². The molecule has 1 rings (SSSR count). The summed E-state index contributed by atoms with van der Waals surface area (Å²) in [5, 5.41) is 0.686. The molecule has 0 saturated carbocycles. The first kappa shape index (κ1) is 12.1. The van der Waals surface area contributed by atoms with Crippen LogP contribution in [0.1, 0.15) is 6.92 Å². The number of hydrogen-bond acceptors (Lipinski definition) is 3. The highest BCUT2D eigenvalue weighted by molar-refractivity contribution is 8.03. The van der Waals surface area contributed by atoms with Gasteiger partial charge in [0, 0.05) is 16.0 Å². The number of benzene rings is 1. The zero-order valence-electron chi connectivity index (χ0n) is 8.49. The van der Waals surface area contributed by atoms with Crippen LogP contribution in [0.2, 0.25) is 5.02 Å². The molecule has 2 nitrogen and oxygen atoms in total. The molecule has 0 aliphatic rings. The molecule has 0 atom stereocenters. The van der Waals surface area contributed by atoms with Crippen LogP contribution in [0, 0.1) is 0 Å². The lowest BCUT2D eigenvalue weighted by atomic mass is 10.4. The minimum atomic E-state index is -0.345. The number of esters is 1. The average Bonchev–Trinajstić information content (AvgIpc) is 2.17. The minimum Gasteiger partial charge on any atom is -0.466 e. The largest absolute Gasteiger partial charge is 0.466 e. The second-order valence-corrected chi connectivity index (χ2v) is 4.59. The van der Waals surface area contributed by atoms with E-state index in [0.717, 1.165) is 9.80 Å². The molecule has 0 amide bonds. The second kappa shape index (κ2) is 5.83. The smallest absolute Gasteiger partial charge is 0.331 e. The van der Waals surface area contributed by atoms with Crippen molar-refractivity contribution < 1.29 is 9.53 Å². The van der Waals surface area contributed by atoms with Gasteiger partial charge in [0.1, 0.15) is 0 Å². The Kier molecular flexibility index (Phi) is 4.72. The topological polar surface area (TPSA) is 26.3 Å². The van der Waals surface area contributed by atoms with Crippen molar-refractivity contribution >= 4 is 29.3 Å². The number of allylic oxidation sites excluding steroid dienone is 1. The van der Waals surface area contributed by atoms with Crippen molar-refractivity contribution in [3.8, 4) is 0 Å². The molecule has 0 N–H and O–H groups in total. The summed E-state index contributed by atoms with van der Waals surface area (Å²) in [6, 6.07) is 7.47. The molecule has 1 aromatic carbocycles. The fourth-order valence-electron chi connectivity index (χ4n) is 0.971. The maximum Gasteiger partial charge on any atom is 0.331 e. The van der Waals surface area contributed by atoms with Gasteiger partial charge in [-0.15, -0.1) is 0 Å². The monoisotopic (exact) mass is 242 g/mol. The molecular weight excluding hydrogens is 232 g/mol. The van der Waals surface area contributed by atoms with Crippen molar-refractivity contribution in [3.05, 3.63) is 40.3 Å². The van der Waals surface area contributed by atoms with E-state index in [1.54, 1.807) is 0 Å². The van der Waals surface area contributed by atoms with E-state index in [0.29, 0.717) is 5.02 Å². The number of halogens is 1. The van der Waals surface area contributed by atoms with Gasteiger partial charge in [0.05, 0.1) is 7.11 Å². The van der Waals surface area contributed by atoms with Gasteiger partial charge in [-0.25, -0.2) is 4.79 Å². The van der Waals surface area contributed by atoms with Crippen molar-refractivity contribution in [1.29, 1.82) is 0 Å². The van der Waals surface area contributed by atoms with Gasteiger partial charge in [-0.05, 0) is 30.0 Å². The number of hydrogen-bond donors (Lipinski definition) is 0. The maximum atomic E-state index is 10.9. The van der Waals surface area contributed by atoms with Gasteiger partial charge >= 0.3 is 5.97 Å². The lowest BCUT2D eigenvalue weighted by Crippen LogP contribution is -1.94. The summed E-state index contributed by atoms with van der Waals surface area (Å²) in [7, 11) is 1.36. The van der Waals surface area contributed by atoms with Gasteiger partial charge in [0.2, 0.25) is 0 Å². The van der Waals surface area contributed by atoms with E-state index in [9.17, 15) is 4.79 Å². The summed E-state index contributed by atoms with van der Waals surface area (Å²) in [6.45, 7) is 1.85. The lowest BCUT2D eigenvalue weighted by Gasteiger charge is -2.01. The molecule has 0 spiro atoms. The molecule has 0 fully saturated rings. The van der Waals surface area contributed by atoms with Crippen LogP contribution >= 0.6 is 23.4 Å². The van der Waals surface area contributed by atoms with Gasteiger partial charge in [0.15, 0.2) is 0 Å². The van der Waals surface area contributed by atoms with Crippen LogP contribution in [0.4, 0.5) is 0 Å². The molecule has 0 saturated heterocycles. The molecule has 15 heavy (non-hydrogen) atoms. The number of rotatable bonds is 3. The van der Waals surface area contributed by atoms with Gasteiger partial charge in [0.25, 0.3) is 0 Å². The first-order chi connectivity index (χ1) is 7.11. The summed E-state index contributed by atoms with van der Waals surface area (Å²) in [4.78, 5) is 12.8. The zero-order valence-corrected chi connectivity index (χ0v) is 10.1. The summed E-state index contributed by atoms with van der Waals surface area (Å²) in [5.41, 5.74) is 0. The van der Waals surface area contributed by atoms with Crippen LogP contribution in [0.3, 0.4) is 0 Å². The van der Waals surface area contributed by atoms with Crippen molar-refractivity contribution in [3.63, 3.8) is 0 Å². The van der Waals surface area contributed by atoms with E-state index in [-0.39, 0.29) is 5.97 Å². The van der Waals surface area contributed by atoms with Crippen LogP contribution in [0.5, 0.6) is 0 Å². The predicted molar refractivity (Wildman–Crippen MR) is 63.1 cm³/mol. The molecule has 4 heteroatoms. The quantitative estimate of drug-likeness (QED) is 0.461. The Bertz CT molecular complexity index is 388. The average molecular weight is 243 g/mol. The molecular formula is C11H11ClO2S. The van der Waals surface area contributed by atoms with E-state index < -0.39 is 0 Å². The maximum absolute atomic E-state index is 10.9. The third-order valence-electron chi connectivity index (χ3n) is 1.60. The summed E-state index contributed by atoms with van der Waals surface area (Å²) in [6.07, 6.45) is 1.45. The molecule has 80 valence electrons. The molecule has 0 heterocycles. The standard InChI is InChI=1S/C11H11ClO2S/c1-8(6-11(13)14-2)15-10-5-3-4-9(12)7-10/h3-7H,1-2H3/b8-6+. The summed E-state index contributed by atoms with van der Waals surface area (Å²) < 4.78 is 4.53. The van der Waals surface area contributed by atoms with Crippen molar-refractivity contribution in [2.75, 3.05) is 7.11 Å². The summed E-state index contributed by atoms with van der Waals surface area (Å²) in [5.74, 6) is -0.345. The molecule has 0 aliphatic heterocycles. The Labute approximate surface area is 98.3 Å². The van der Waals surface area contributed by atoms with Gasteiger partial charge < -0.3 is 4.74 Å². The number of thioether (sulfide) groups is 1. The third kappa shape index (κ3) is 4.40. The van der Waals surface area contributed by atoms with Gasteiger partial charge in [-0.1, -0.05) is 29.4 Å². The highest BCUT2D eigenvalue weighted by Gasteiger charge is 2.00. The normalized spacial score (nSPS) is 11.3. The molecule has 0 aromatic heterocycles. The highest BCUT2D eigenvalue weighted by Crippen LogP contribution is 2.27. The number of methoxy groups -OCH3 is 1. The van der Waals surface area contributed by atoms with Crippen LogP contribution in [0.15, 0.2) is 40.1 Å². The first-order valence-corrected chi connectivity index (χ1v) is 5.51. The molecule has 1 aromatic rings. The lowest BCUT2D eigenvalue weighted by molar-refractivity contribution is -0.134. The second-order valence-electron chi connectivity index (χ2n) is 2.84. The van der Waals surface area contributed by atoms with E-state index in [1.807, 2.05) is 31.2 Å². The highest BCUT2D eigenvalue weighted by atomic mass is 35.5. The minimum absolute atomic E-state index is 0.345. The van der Waals surface area contributed by atoms with Crippen LogP contribution in [-0.2, 0) is 9.53 Å².